The van der Waals surface area contributed by atoms with Crippen molar-refractivity contribution in [1.29, 1.82) is 0 Å². The molecule has 0 unspecified atom stereocenters. The van der Waals surface area contributed by atoms with E-state index in [-0.39, 0.29) is 0 Å². The first kappa shape index (κ1) is 16.8. The summed E-state index contributed by atoms with van der Waals surface area (Å²) < 4.78 is 0. The molecule has 4 rings (SSSR count). The van der Waals surface area contributed by atoms with Crippen LogP contribution in [0.25, 0.3) is 33.6 Å². The van der Waals surface area contributed by atoms with Crippen LogP contribution in [0.15, 0.2) is 91.0 Å². The Hall–Kier alpha value is -2.61. The molecule has 0 saturated carbocycles. The van der Waals surface area contributed by atoms with Gasteiger partial charge in [0.25, 0.3) is 0 Å². The molecule has 0 N–H and O–H groups in total. The molecule has 4 aromatic rings. The smallest absolute Gasteiger partial charge is 0.0715 e. The van der Waals surface area contributed by atoms with Crippen LogP contribution in [-0.4, -0.2) is 4.98 Å². The highest BCUT2D eigenvalue weighted by atomic mass is 35.5. The second kappa shape index (κ2) is 7.33. The number of aromatic nitrogens is 1. The Morgan fingerprint density at radius 1 is 0.462 bits per heavy atom. The molecule has 26 heavy (non-hydrogen) atoms. The number of hydrogen-bond acceptors (Lipinski definition) is 1. The van der Waals surface area contributed by atoms with Gasteiger partial charge in [-0.05, 0) is 35.4 Å². The van der Waals surface area contributed by atoms with Crippen LogP contribution in [-0.2, 0) is 0 Å². The van der Waals surface area contributed by atoms with E-state index < -0.39 is 0 Å². The molecule has 126 valence electrons. The average Bonchev–Trinajstić information content (AvgIpc) is 2.71. The van der Waals surface area contributed by atoms with Crippen molar-refractivity contribution >= 4 is 23.2 Å². The van der Waals surface area contributed by atoms with Crippen LogP contribution in [0.1, 0.15) is 0 Å². The van der Waals surface area contributed by atoms with Gasteiger partial charge in [-0.3, -0.25) is 0 Å². The molecule has 0 fully saturated rings. The zero-order valence-corrected chi connectivity index (χ0v) is 15.4. The fraction of sp³-hybridized carbons (Fsp3) is 0. The minimum Gasteiger partial charge on any atom is -0.248 e. The van der Waals surface area contributed by atoms with Gasteiger partial charge in [-0.15, -0.1) is 0 Å². The van der Waals surface area contributed by atoms with Gasteiger partial charge in [-0.2, -0.15) is 0 Å². The van der Waals surface area contributed by atoms with E-state index in [2.05, 4.69) is 36.4 Å². The molecule has 3 aromatic carbocycles. The average molecular weight is 376 g/mol. The molecular weight excluding hydrogens is 361 g/mol. The molecule has 0 spiro atoms. The van der Waals surface area contributed by atoms with Crippen molar-refractivity contribution in [2.24, 2.45) is 0 Å². The van der Waals surface area contributed by atoms with Crippen LogP contribution in [0.3, 0.4) is 0 Å². The molecule has 0 atom stereocenters. The fourth-order valence-electron chi connectivity index (χ4n) is 2.89. The van der Waals surface area contributed by atoms with E-state index >= 15 is 0 Å². The van der Waals surface area contributed by atoms with Gasteiger partial charge in [-0.25, -0.2) is 4.98 Å². The van der Waals surface area contributed by atoms with Crippen LogP contribution in [0.4, 0.5) is 0 Å². The zero-order valence-electron chi connectivity index (χ0n) is 13.9. The van der Waals surface area contributed by atoms with E-state index in [4.69, 9.17) is 28.2 Å². The predicted molar refractivity (Wildman–Crippen MR) is 111 cm³/mol. The lowest BCUT2D eigenvalue weighted by molar-refractivity contribution is 1.32. The molecule has 1 heterocycles. The van der Waals surface area contributed by atoms with Gasteiger partial charge in [0.1, 0.15) is 0 Å². The van der Waals surface area contributed by atoms with Gasteiger partial charge >= 0.3 is 0 Å². The summed E-state index contributed by atoms with van der Waals surface area (Å²) in [6.07, 6.45) is 0. The number of pyridine rings is 1. The Morgan fingerprint density at radius 3 is 1.50 bits per heavy atom. The normalized spacial score (nSPS) is 10.7. The van der Waals surface area contributed by atoms with Crippen molar-refractivity contribution in [2.75, 3.05) is 0 Å². The molecule has 0 amide bonds. The standard InChI is InChI=1S/C23H15Cl2N/c24-20-12-11-18(13-21(20)25)19-14-22(16-7-3-1-4-8-16)26-23(15-19)17-9-5-2-6-10-17/h1-15H. The summed E-state index contributed by atoms with van der Waals surface area (Å²) in [6, 6.07) is 30.2. The highest BCUT2D eigenvalue weighted by molar-refractivity contribution is 6.42. The molecule has 0 aliphatic carbocycles. The van der Waals surface area contributed by atoms with E-state index in [1.807, 2.05) is 54.6 Å². The third-order valence-electron chi connectivity index (χ3n) is 4.22. The number of nitrogens with zero attached hydrogens (tertiary/aromatic N) is 1. The lowest BCUT2D eigenvalue weighted by Crippen LogP contribution is -1.91. The van der Waals surface area contributed by atoms with Crippen molar-refractivity contribution in [2.45, 2.75) is 0 Å². The summed E-state index contributed by atoms with van der Waals surface area (Å²) in [5.74, 6) is 0. The van der Waals surface area contributed by atoms with E-state index in [1.165, 1.54) is 0 Å². The maximum absolute atomic E-state index is 6.23. The van der Waals surface area contributed by atoms with Crippen molar-refractivity contribution in [3.05, 3.63) is 101 Å². The molecule has 1 nitrogen and oxygen atoms in total. The molecule has 3 heteroatoms. The van der Waals surface area contributed by atoms with E-state index in [1.54, 1.807) is 0 Å². The van der Waals surface area contributed by atoms with Gasteiger partial charge < -0.3 is 0 Å². The molecule has 0 aliphatic heterocycles. The predicted octanol–water partition coefficient (Wildman–Crippen LogP) is 7.39. The van der Waals surface area contributed by atoms with Crippen molar-refractivity contribution in [3.8, 4) is 33.6 Å². The first-order valence-electron chi connectivity index (χ1n) is 8.29. The summed E-state index contributed by atoms with van der Waals surface area (Å²) in [5, 5.41) is 1.10. The molecule has 0 aliphatic rings. The largest absolute Gasteiger partial charge is 0.248 e. The van der Waals surface area contributed by atoms with Crippen molar-refractivity contribution in [3.63, 3.8) is 0 Å². The lowest BCUT2D eigenvalue weighted by Gasteiger charge is -2.11. The summed E-state index contributed by atoms with van der Waals surface area (Å²) in [7, 11) is 0. The van der Waals surface area contributed by atoms with Gasteiger partial charge in [-0.1, -0.05) is 89.9 Å². The maximum atomic E-state index is 6.23. The number of benzene rings is 3. The summed E-state index contributed by atoms with van der Waals surface area (Å²) in [4.78, 5) is 4.88. The summed E-state index contributed by atoms with van der Waals surface area (Å²) >= 11 is 12.3. The second-order valence-electron chi connectivity index (χ2n) is 5.99. The Labute approximate surface area is 162 Å². The molecule has 0 saturated heterocycles. The molecule has 0 bridgehead atoms. The minimum atomic E-state index is 0.545. The maximum Gasteiger partial charge on any atom is 0.0715 e. The van der Waals surface area contributed by atoms with Gasteiger partial charge in [0.15, 0.2) is 0 Å². The Bertz CT molecular complexity index is 987. The van der Waals surface area contributed by atoms with Crippen molar-refractivity contribution < 1.29 is 0 Å². The number of hydrogen-bond donors (Lipinski definition) is 0. The quantitative estimate of drug-likeness (QED) is 0.363. The zero-order chi connectivity index (χ0) is 17.9. The van der Waals surface area contributed by atoms with Crippen LogP contribution in [0.5, 0.6) is 0 Å². The van der Waals surface area contributed by atoms with Crippen LogP contribution < -0.4 is 0 Å². The SMILES string of the molecule is Clc1ccc(-c2cc(-c3ccccc3)nc(-c3ccccc3)c2)cc1Cl. The summed E-state index contributed by atoms with van der Waals surface area (Å²) in [5.41, 5.74) is 6.06. The fourth-order valence-corrected chi connectivity index (χ4v) is 3.18. The van der Waals surface area contributed by atoms with E-state index in [0.29, 0.717) is 10.0 Å². The van der Waals surface area contributed by atoms with Crippen LogP contribution in [0, 0.1) is 0 Å². The Morgan fingerprint density at radius 2 is 1.00 bits per heavy atom. The van der Waals surface area contributed by atoms with Crippen molar-refractivity contribution in [1.82, 2.24) is 4.98 Å². The second-order valence-corrected chi connectivity index (χ2v) is 6.80. The monoisotopic (exact) mass is 375 g/mol. The highest BCUT2D eigenvalue weighted by Crippen LogP contribution is 2.33. The van der Waals surface area contributed by atoms with Crippen LogP contribution >= 0.6 is 23.2 Å². The van der Waals surface area contributed by atoms with E-state index in [9.17, 15) is 0 Å². The van der Waals surface area contributed by atoms with Gasteiger partial charge in [0.2, 0.25) is 0 Å². The molecule has 0 radical (unpaired) electrons. The number of rotatable bonds is 3. The van der Waals surface area contributed by atoms with Crippen LogP contribution in [0.2, 0.25) is 10.0 Å². The van der Waals surface area contributed by atoms with Gasteiger partial charge in [0.05, 0.1) is 21.4 Å². The topological polar surface area (TPSA) is 12.9 Å². The third kappa shape index (κ3) is 3.50. The minimum absolute atomic E-state index is 0.545. The third-order valence-corrected chi connectivity index (χ3v) is 4.96. The van der Waals surface area contributed by atoms with E-state index in [0.717, 1.165) is 33.6 Å². The van der Waals surface area contributed by atoms with Gasteiger partial charge in [0, 0.05) is 11.1 Å². The Balaban J connectivity index is 1.92. The first-order chi connectivity index (χ1) is 12.7. The highest BCUT2D eigenvalue weighted by Gasteiger charge is 2.09. The molecule has 1 aromatic heterocycles. The number of halogens is 2. The Kier molecular flexibility index (Phi) is 4.75. The first-order valence-corrected chi connectivity index (χ1v) is 9.05. The molecular formula is C23H15Cl2N. The lowest BCUT2D eigenvalue weighted by atomic mass is 10.00. The summed E-state index contributed by atoms with van der Waals surface area (Å²) in [6.45, 7) is 0.